The van der Waals surface area contributed by atoms with Crippen molar-refractivity contribution in [2.24, 2.45) is 5.73 Å². The first-order valence-corrected chi connectivity index (χ1v) is 8.23. The van der Waals surface area contributed by atoms with Crippen molar-refractivity contribution >= 4 is 44.0 Å². The highest BCUT2D eigenvalue weighted by Gasteiger charge is 2.21. The first-order valence-electron chi connectivity index (χ1n) is 7.42. The van der Waals surface area contributed by atoms with Gasteiger partial charge in [0.1, 0.15) is 4.88 Å². The summed E-state index contributed by atoms with van der Waals surface area (Å²) in [5.41, 5.74) is 8.52. The van der Waals surface area contributed by atoms with E-state index in [1.165, 1.54) is 18.4 Å². The van der Waals surface area contributed by atoms with Crippen LogP contribution in [-0.4, -0.2) is 30.6 Å². The fraction of sp³-hybridized carbons (Fsp3) is 0.294. The molecule has 3 rings (SSSR count). The van der Waals surface area contributed by atoms with Crippen LogP contribution in [0, 0.1) is 6.92 Å². The number of hydrogen-bond donors (Lipinski definition) is 2. The molecule has 0 spiro atoms. The van der Waals surface area contributed by atoms with Crippen molar-refractivity contribution in [1.82, 2.24) is 4.98 Å². The van der Waals surface area contributed by atoms with Gasteiger partial charge in [-0.05, 0) is 32.0 Å². The van der Waals surface area contributed by atoms with E-state index in [1.54, 1.807) is 0 Å². The number of thiophene rings is 1. The maximum absolute atomic E-state index is 12.1. The summed E-state index contributed by atoms with van der Waals surface area (Å²) in [7, 11) is 1.39. The lowest BCUT2D eigenvalue weighted by molar-refractivity contribution is 0.0607. The summed E-state index contributed by atoms with van der Waals surface area (Å²) in [6.07, 6.45) is 0. The fourth-order valence-electron chi connectivity index (χ4n) is 2.57. The van der Waals surface area contributed by atoms with Gasteiger partial charge in [-0.1, -0.05) is 6.07 Å². The van der Waals surface area contributed by atoms with Crippen molar-refractivity contribution in [2.45, 2.75) is 19.9 Å². The Morgan fingerprint density at radius 3 is 2.87 bits per heavy atom. The molecule has 0 unspecified atom stereocenters. The second kappa shape index (κ2) is 6.14. The number of esters is 1. The highest BCUT2D eigenvalue weighted by molar-refractivity contribution is 7.21. The summed E-state index contributed by atoms with van der Waals surface area (Å²) in [4.78, 5) is 17.3. The van der Waals surface area contributed by atoms with E-state index in [2.05, 4.69) is 10.3 Å². The molecule has 0 radical (unpaired) electrons. The van der Waals surface area contributed by atoms with E-state index < -0.39 is 0 Å². The molecular formula is C17H19N3O2S. The van der Waals surface area contributed by atoms with Crippen LogP contribution in [0.2, 0.25) is 0 Å². The number of nitrogens with two attached hydrogens (primary N) is 1. The number of aromatic nitrogens is 1. The largest absolute Gasteiger partial charge is 0.465 e. The van der Waals surface area contributed by atoms with Crippen LogP contribution < -0.4 is 11.1 Å². The van der Waals surface area contributed by atoms with Gasteiger partial charge in [0.15, 0.2) is 0 Å². The molecule has 2 heterocycles. The predicted octanol–water partition coefficient (Wildman–Crippen LogP) is 3.30. The lowest BCUT2D eigenvalue weighted by atomic mass is 10.1. The molecule has 0 bridgehead atoms. The number of hydrogen-bond acceptors (Lipinski definition) is 6. The fourth-order valence-corrected chi connectivity index (χ4v) is 3.68. The molecule has 1 aromatic carbocycles. The Morgan fingerprint density at radius 2 is 2.17 bits per heavy atom. The summed E-state index contributed by atoms with van der Waals surface area (Å²) in [6.45, 7) is 4.46. The molecule has 0 amide bonds. The van der Waals surface area contributed by atoms with E-state index in [1.807, 2.05) is 38.1 Å². The minimum Gasteiger partial charge on any atom is -0.465 e. The van der Waals surface area contributed by atoms with E-state index in [-0.39, 0.29) is 12.0 Å². The van der Waals surface area contributed by atoms with E-state index in [4.69, 9.17) is 10.5 Å². The van der Waals surface area contributed by atoms with Crippen molar-refractivity contribution < 1.29 is 9.53 Å². The third-order valence-electron chi connectivity index (χ3n) is 3.63. The number of anilines is 1. The molecule has 0 aliphatic heterocycles. The Balaban J connectivity index is 2.29. The summed E-state index contributed by atoms with van der Waals surface area (Å²) in [6, 6.07) is 7.98. The zero-order valence-electron chi connectivity index (χ0n) is 13.3. The number of nitrogens with zero attached hydrogens (tertiary/aromatic N) is 1. The van der Waals surface area contributed by atoms with Crippen molar-refractivity contribution in [2.75, 3.05) is 19.0 Å². The number of ether oxygens (including phenoxy) is 1. The Bertz CT molecular complexity index is 886. The maximum Gasteiger partial charge on any atom is 0.350 e. The summed E-state index contributed by atoms with van der Waals surface area (Å²) < 4.78 is 5.95. The van der Waals surface area contributed by atoms with Crippen molar-refractivity contribution in [3.05, 3.63) is 34.8 Å². The Hall–Kier alpha value is -2.18. The molecule has 6 heteroatoms. The standard InChI is InChI=1S/C17H19N3O2S/c1-9(18)8-19-15-14-11-5-4-10(2)20-12(11)6-7-13(14)23-16(15)17(21)22-3/h4-7,9,19H,8,18H2,1-3H3/t9-/m0/s1. The maximum atomic E-state index is 12.1. The number of nitrogens with one attached hydrogen (secondary N) is 1. The van der Waals surface area contributed by atoms with E-state index in [9.17, 15) is 4.79 Å². The third-order valence-corrected chi connectivity index (χ3v) is 4.77. The van der Waals surface area contributed by atoms with Gasteiger partial charge < -0.3 is 15.8 Å². The van der Waals surface area contributed by atoms with Crippen LogP contribution in [0.5, 0.6) is 0 Å². The summed E-state index contributed by atoms with van der Waals surface area (Å²) in [5.74, 6) is -0.341. The van der Waals surface area contributed by atoms with Gasteiger partial charge in [-0.25, -0.2) is 4.79 Å². The monoisotopic (exact) mass is 329 g/mol. The van der Waals surface area contributed by atoms with Gasteiger partial charge in [-0.2, -0.15) is 0 Å². The van der Waals surface area contributed by atoms with Gasteiger partial charge in [0, 0.05) is 33.8 Å². The first-order chi connectivity index (χ1) is 11.0. The van der Waals surface area contributed by atoms with Crippen LogP contribution in [0.25, 0.3) is 21.0 Å². The minimum absolute atomic E-state index is 0.0224. The number of rotatable bonds is 4. The molecule has 3 N–H and O–H groups in total. The van der Waals surface area contributed by atoms with E-state index in [0.29, 0.717) is 11.4 Å². The Morgan fingerprint density at radius 1 is 1.39 bits per heavy atom. The normalized spacial score (nSPS) is 12.5. The van der Waals surface area contributed by atoms with Crippen LogP contribution >= 0.6 is 11.3 Å². The molecule has 0 saturated carbocycles. The average molecular weight is 329 g/mol. The second-order valence-electron chi connectivity index (χ2n) is 5.61. The lowest BCUT2D eigenvalue weighted by Gasteiger charge is -2.11. The lowest BCUT2D eigenvalue weighted by Crippen LogP contribution is -2.25. The van der Waals surface area contributed by atoms with Gasteiger partial charge in [-0.15, -0.1) is 11.3 Å². The van der Waals surface area contributed by atoms with Crippen LogP contribution in [0.15, 0.2) is 24.3 Å². The molecule has 2 aromatic heterocycles. The number of carbonyl (C=O) groups excluding carboxylic acids is 1. The molecule has 0 saturated heterocycles. The molecule has 0 aliphatic carbocycles. The van der Waals surface area contributed by atoms with Gasteiger partial charge in [0.05, 0.1) is 18.3 Å². The molecule has 0 fully saturated rings. The third kappa shape index (κ3) is 2.87. The molecule has 0 aliphatic rings. The average Bonchev–Trinajstić information content (AvgIpc) is 2.90. The van der Waals surface area contributed by atoms with Crippen LogP contribution in [0.1, 0.15) is 22.3 Å². The zero-order chi connectivity index (χ0) is 16.6. The molecule has 5 nitrogen and oxygen atoms in total. The quantitative estimate of drug-likeness (QED) is 0.718. The molecular weight excluding hydrogens is 310 g/mol. The van der Waals surface area contributed by atoms with Gasteiger partial charge >= 0.3 is 5.97 Å². The highest BCUT2D eigenvalue weighted by Crippen LogP contribution is 2.40. The van der Waals surface area contributed by atoms with E-state index >= 15 is 0 Å². The predicted molar refractivity (Wildman–Crippen MR) is 95.3 cm³/mol. The van der Waals surface area contributed by atoms with Crippen LogP contribution in [0.4, 0.5) is 5.69 Å². The Labute approximate surface area is 138 Å². The number of carbonyl (C=O) groups is 1. The van der Waals surface area contributed by atoms with Crippen molar-refractivity contribution in [1.29, 1.82) is 0 Å². The Kier molecular flexibility index (Phi) is 4.19. The highest BCUT2D eigenvalue weighted by atomic mass is 32.1. The minimum atomic E-state index is -0.341. The van der Waals surface area contributed by atoms with Gasteiger partial charge in [-0.3, -0.25) is 4.98 Å². The topological polar surface area (TPSA) is 77.2 Å². The van der Waals surface area contributed by atoms with Crippen LogP contribution in [-0.2, 0) is 4.74 Å². The van der Waals surface area contributed by atoms with Gasteiger partial charge in [0.25, 0.3) is 0 Å². The molecule has 3 aromatic rings. The zero-order valence-corrected chi connectivity index (χ0v) is 14.2. The van der Waals surface area contributed by atoms with E-state index in [0.717, 1.165) is 32.4 Å². The summed E-state index contributed by atoms with van der Waals surface area (Å²) in [5, 5.41) is 5.34. The summed E-state index contributed by atoms with van der Waals surface area (Å²) >= 11 is 1.42. The second-order valence-corrected chi connectivity index (χ2v) is 6.67. The number of pyridine rings is 1. The molecule has 1 atom stereocenters. The van der Waals surface area contributed by atoms with Crippen molar-refractivity contribution in [3.8, 4) is 0 Å². The number of methoxy groups -OCH3 is 1. The van der Waals surface area contributed by atoms with Crippen LogP contribution in [0.3, 0.4) is 0 Å². The van der Waals surface area contributed by atoms with Gasteiger partial charge in [0.2, 0.25) is 0 Å². The number of aryl methyl sites for hydroxylation is 1. The SMILES string of the molecule is COC(=O)c1sc2ccc3nc(C)ccc3c2c1NC[C@H](C)N. The molecule has 120 valence electrons. The number of benzene rings is 1. The number of fused-ring (bicyclic) bond motifs is 3. The van der Waals surface area contributed by atoms with Crippen molar-refractivity contribution in [3.63, 3.8) is 0 Å². The first kappa shape index (κ1) is 15.7. The molecule has 23 heavy (non-hydrogen) atoms. The smallest absolute Gasteiger partial charge is 0.350 e.